The minimum Gasteiger partial charge on any atom is -0.374 e. The third kappa shape index (κ3) is 3.24. The highest BCUT2D eigenvalue weighted by Crippen LogP contribution is 2.55. The Balaban J connectivity index is 1.41. The highest BCUT2D eigenvalue weighted by atomic mass is 16.2. The molecule has 0 saturated heterocycles. The van der Waals surface area contributed by atoms with E-state index in [-0.39, 0.29) is 17.5 Å². The second kappa shape index (κ2) is 6.04. The van der Waals surface area contributed by atoms with Crippen molar-refractivity contribution in [2.45, 2.75) is 57.0 Å². The summed E-state index contributed by atoms with van der Waals surface area (Å²) in [5.74, 6) is 2.01. The molecule has 4 aliphatic rings. The predicted molar refractivity (Wildman–Crippen MR) is 97.1 cm³/mol. The number of benzene rings is 1. The van der Waals surface area contributed by atoms with E-state index in [0.717, 1.165) is 42.7 Å². The zero-order chi connectivity index (χ0) is 17.6. The summed E-state index contributed by atoms with van der Waals surface area (Å²) >= 11 is 0. The first kappa shape index (κ1) is 16.4. The number of primary amides is 1. The first-order valence-corrected chi connectivity index (χ1v) is 9.41. The van der Waals surface area contributed by atoms with Crippen LogP contribution in [0.4, 0.5) is 5.69 Å². The second-order valence-corrected chi connectivity index (χ2v) is 8.50. The van der Waals surface area contributed by atoms with Crippen LogP contribution in [0.1, 0.15) is 55.8 Å². The van der Waals surface area contributed by atoms with Crippen LogP contribution in [-0.4, -0.2) is 23.4 Å². The Kier molecular flexibility index (Phi) is 3.97. The number of nitrogens with one attached hydrogen (secondary N) is 2. The molecule has 5 heteroatoms. The molecule has 0 aliphatic heterocycles. The number of hydrogen-bond acceptors (Lipinski definition) is 3. The molecule has 0 aromatic heterocycles. The monoisotopic (exact) mass is 341 g/mol. The van der Waals surface area contributed by atoms with Gasteiger partial charge in [0.25, 0.3) is 0 Å². The van der Waals surface area contributed by atoms with Crippen molar-refractivity contribution in [3.8, 4) is 0 Å². The molecule has 0 spiro atoms. The number of nitrogens with two attached hydrogens (primary N) is 1. The van der Waals surface area contributed by atoms with Crippen molar-refractivity contribution in [3.05, 3.63) is 29.8 Å². The van der Waals surface area contributed by atoms with Gasteiger partial charge in [0.1, 0.15) is 6.04 Å². The maximum absolute atomic E-state index is 12.8. The fraction of sp³-hybridized carbons (Fsp3) is 0.600. The number of carbonyl (C=O) groups excluding carboxylic acids is 2. The van der Waals surface area contributed by atoms with Crippen LogP contribution < -0.4 is 16.4 Å². The third-order valence-electron chi connectivity index (χ3n) is 6.35. The third-order valence-corrected chi connectivity index (χ3v) is 6.35. The summed E-state index contributed by atoms with van der Waals surface area (Å²) in [5, 5.41) is 6.59. The van der Waals surface area contributed by atoms with E-state index in [2.05, 4.69) is 10.6 Å². The minimum atomic E-state index is -0.464. The van der Waals surface area contributed by atoms with Crippen LogP contribution in [0.3, 0.4) is 0 Å². The molecule has 4 bridgehead atoms. The van der Waals surface area contributed by atoms with E-state index in [1.807, 2.05) is 13.0 Å². The second-order valence-electron chi connectivity index (χ2n) is 8.50. The number of anilines is 1. The van der Waals surface area contributed by atoms with Gasteiger partial charge in [-0.3, -0.25) is 9.59 Å². The van der Waals surface area contributed by atoms with Gasteiger partial charge >= 0.3 is 0 Å². The Bertz CT molecular complexity index is 665. The van der Waals surface area contributed by atoms with E-state index < -0.39 is 5.91 Å². The number of carbonyl (C=O) groups is 2. The Morgan fingerprint density at radius 2 is 1.72 bits per heavy atom. The summed E-state index contributed by atoms with van der Waals surface area (Å²) in [6.07, 6.45) is 7.53. The van der Waals surface area contributed by atoms with Gasteiger partial charge in [-0.25, -0.2) is 0 Å². The average Bonchev–Trinajstić information content (AvgIpc) is 2.53. The predicted octanol–water partition coefficient (Wildman–Crippen LogP) is 2.67. The van der Waals surface area contributed by atoms with Gasteiger partial charge in [-0.1, -0.05) is 6.07 Å². The van der Waals surface area contributed by atoms with Crippen LogP contribution in [0.25, 0.3) is 0 Å². The van der Waals surface area contributed by atoms with E-state index >= 15 is 0 Å². The molecule has 1 aromatic rings. The van der Waals surface area contributed by atoms with Gasteiger partial charge in [-0.15, -0.1) is 0 Å². The Morgan fingerprint density at radius 1 is 1.12 bits per heavy atom. The molecule has 0 heterocycles. The lowest BCUT2D eigenvalue weighted by molar-refractivity contribution is -0.127. The van der Waals surface area contributed by atoms with Crippen molar-refractivity contribution < 1.29 is 9.59 Å². The summed E-state index contributed by atoms with van der Waals surface area (Å²) in [5.41, 5.74) is 6.53. The lowest BCUT2D eigenvalue weighted by Crippen LogP contribution is -2.61. The topological polar surface area (TPSA) is 84.2 Å². The van der Waals surface area contributed by atoms with Gasteiger partial charge in [-0.05, 0) is 81.4 Å². The summed E-state index contributed by atoms with van der Waals surface area (Å²) in [7, 11) is 0. The molecule has 0 unspecified atom stereocenters. The first-order valence-electron chi connectivity index (χ1n) is 9.41. The zero-order valence-corrected chi connectivity index (χ0v) is 14.8. The summed E-state index contributed by atoms with van der Waals surface area (Å²) < 4.78 is 0. The van der Waals surface area contributed by atoms with E-state index in [9.17, 15) is 9.59 Å². The zero-order valence-electron chi connectivity index (χ0n) is 14.8. The van der Waals surface area contributed by atoms with Gasteiger partial charge < -0.3 is 16.4 Å². The molecule has 0 radical (unpaired) electrons. The van der Waals surface area contributed by atoms with E-state index in [4.69, 9.17) is 5.73 Å². The molecular formula is C20H27N3O2. The Hall–Kier alpha value is -2.04. The van der Waals surface area contributed by atoms with Crippen LogP contribution in [0.5, 0.6) is 0 Å². The maximum Gasteiger partial charge on any atom is 0.248 e. The minimum absolute atomic E-state index is 0.0246. The first-order chi connectivity index (χ1) is 11.9. The number of rotatable bonds is 5. The summed E-state index contributed by atoms with van der Waals surface area (Å²) in [6.45, 7) is 1.87. The molecule has 4 saturated carbocycles. The van der Waals surface area contributed by atoms with E-state index in [1.54, 1.807) is 18.2 Å². The largest absolute Gasteiger partial charge is 0.374 e. The maximum atomic E-state index is 12.8. The molecule has 134 valence electrons. The molecule has 25 heavy (non-hydrogen) atoms. The standard InChI is InChI=1S/C20H27N3O2/c1-12(22-17-4-2-3-16(8-17)18(21)24)19(25)23-20-9-13-5-14(10-20)7-15(6-13)11-20/h2-4,8,12-15,22H,5-7,9-11H2,1H3,(H2,21,24)(H,23,25)/t12-,13?,14?,15?,20?/m1/s1. The molecule has 1 aromatic carbocycles. The van der Waals surface area contributed by atoms with Gasteiger partial charge in [0.15, 0.2) is 0 Å². The van der Waals surface area contributed by atoms with Crippen LogP contribution in [0.2, 0.25) is 0 Å². The summed E-state index contributed by atoms with van der Waals surface area (Å²) in [6, 6.07) is 6.63. The molecule has 1 atom stereocenters. The van der Waals surface area contributed by atoms with Crippen LogP contribution in [-0.2, 0) is 4.79 Å². The van der Waals surface area contributed by atoms with Crippen molar-refractivity contribution in [2.24, 2.45) is 23.5 Å². The van der Waals surface area contributed by atoms with Gasteiger partial charge in [0.2, 0.25) is 11.8 Å². The van der Waals surface area contributed by atoms with Crippen LogP contribution in [0.15, 0.2) is 24.3 Å². The van der Waals surface area contributed by atoms with Crippen molar-refractivity contribution >= 4 is 17.5 Å². The van der Waals surface area contributed by atoms with Crippen molar-refractivity contribution in [1.82, 2.24) is 5.32 Å². The normalized spacial score (nSPS) is 33.7. The lowest BCUT2D eigenvalue weighted by atomic mass is 9.53. The van der Waals surface area contributed by atoms with Crippen molar-refractivity contribution in [2.75, 3.05) is 5.32 Å². The SMILES string of the molecule is C[C@@H](Nc1cccc(C(N)=O)c1)C(=O)NC12CC3CC(CC(C3)C1)C2. The van der Waals surface area contributed by atoms with Crippen LogP contribution >= 0.6 is 0 Å². The molecule has 4 aliphatic carbocycles. The Morgan fingerprint density at radius 3 is 2.28 bits per heavy atom. The molecule has 5 rings (SSSR count). The van der Waals surface area contributed by atoms with Gasteiger partial charge in [0.05, 0.1) is 0 Å². The smallest absolute Gasteiger partial charge is 0.248 e. The highest BCUT2D eigenvalue weighted by molar-refractivity contribution is 5.94. The summed E-state index contributed by atoms with van der Waals surface area (Å²) in [4.78, 5) is 24.1. The number of amides is 2. The molecule has 2 amide bonds. The average molecular weight is 341 g/mol. The molecular weight excluding hydrogens is 314 g/mol. The van der Waals surface area contributed by atoms with E-state index in [1.165, 1.54) is 19.3 Å². The fourth-order valence-electron chi connectivity index (χ4n) is 5.71. The quantitative estimate of drug-likeness (QED) is 0.770. The molecule has 5 nitrogen and oxygen atoms in total. The van der Waals surface area contributed by atoms with Crippen molar-refractivity contribution in [3.63, 3.8) is 0 Å². The fourth-order valence-corrected chi connectivity index (χ4v) is 5.71. The van der Waals surface area contributed by atoms with Gasteiger partial charge in [-0.2, -0.15) is 0 Å². The Labute approximate surface area is 148 Å². The molecule has 4 fully saturated rings. The van der Waals surface area contributed by atoms with Crippen molar-refractivity contribution in [1.29, 1.82) is 0 Å². The van der Waals surface area contributed by atoms with Crippen LogP contribution in [0, 0.1) is 17.8 Å². The lowest BCUT2D eigenvalue weighted by Gasteiger charge is -2.57. The van der Waals surface area contributed by atoms with E-state index in [0.29, 0.717) is 5.56 Å². The highest BCUT2D eigenvalue weighted by Gasteiger charge is 2.51. The van der Waals surface area contributed by atoms with Gasteiger partial charge in [0, 0.05) is 16.8 Å². The number of hydrogen-bond donors (Lipinski definition) is 3. The molecule has 4 N–H and O–H groups in total.